The van der Waals surface area contributed by atoms with Crippen LogP contribution in [-0.2, 0) is 12.8 Å². The third-order valence-corrected chi connectivity index (χ3v) is 4.70. The Labute approximate surface area is 106 Å². The van der Waals surface area contributed by atoms with Gasteiger partial charge in [0.1, 0.15) is 0 Å². The molecule has 0 bridgehead atoms. The van der Waals surface area contributed by atoms with Crippen LogP contribution < -0.4 is 5.32 Å². The number of halogens is 1. The average molecular weight is 280 g/mol. The molecule has 3 rings (SSSR count). The van der Waals surface area contributed by atoms with Crippen molar-refractivity contribution in [2.24, 2.45) is 0 Å². The first-order chi connectivity index (χ1) is 7.83. The van der Waals surface area contributed by atoms with Crippen molar-refractivity contribution in [2.45, 2.75) is 50.6 Å². The molecule has 1 atom stereocenters. The van der Waals surface area contributed by atoms with E-state index in [2.05, 4.69) is 39.4 Å². The Morgan fingerprint density at radius 1 is 1.06 bits per heavy atom. The Bertz CT molecular complexity index is 382. The van der Waals surface area contributed by atoms with Crippen molar-refractivity contribution in [1.82, 2.24) is 5.32 Å². The van der Waals surface area contributed by atoms with Gasteiger partial charge in [-0.25, -0.2) is 0 Å². The topological polar surface area (TPSA) is 12.0 Å². The summed E-state index contributed by atoms with van der Waals surface area (Å²) in [5.41, 5.74) is 3.06. The molecule has 2 heteroatoms. The van der Waals surface area contributed by atoms with Gasteiger partial charge in [-0.15, -0.1) is 0 Å². The highest BCUT2D eigenvalue weighted by Crippen LogP contribution is 2.30. The minimum absolute atomic E-state index is 0.678. The molecule has 0 aliphatic heterocycles. The Kier molecular flexibility index (Phi) is 3.03. The van der Waals surface area contributed by atoms with Crippen LogP contribution in [0.1, 0.15) is 36.8 Å². The maximum atomic E-state index is 3.83. The quantitative estimate of drug-likeness (QED) is 0.875. The van der Waals surface area contributed by atoms with Gasteiger partial charge >= 0.3 is 0 Å². The molecule has 2 aliphatic rings. The maximum absolute atomic E-state index is 3.83. The smallest absolute Gasteiger partial charge is 0.0210 e. The van der Waals surface area contributed by atoms with Crippen molar-refractivity contribution in [3.63, 3.8) is 0 Å². The van der Waals surface area contributed by atoms with Gasteiger partial charge in [-0.3, -0.25) is 0 Å². The summed E-state index contributed by atoms with van der Waals surface area (Å²) in [6.07, 6.45) is 8.02. The number of hydrogen-bond donors (Lipinski definition) is 1. The normalized spacial score (nSPS) is 24.9. The van der Waals surface area contributed by atoms with Gasteiger partial charge in [0.25, 0.3) is 0 Å². The van der Waals surface area contributed by atoms with E-state index >= 15 is 0 Å². The Balaban J connectivity index is 1.68. The first-order valence-corrected chi connectivity index (χ1v) is 7.14. The minimum Gasteiger partial charge on any atom is -0.311 e. The fraction of sp³-hybridized carbons (Fsp3) is 0.571. The maximum Gasteiger partial charge on any atom is 0.0210 e. The molecule has 86 valence electrons. The van der Waals surface area contributed by atoms with Crippen LogP contribution in [0.15, 0.2) is 22.7 Å². The molecule has 0 radical (unpaired) electrons. The minimum atomic E-state index is 0.678. The van der Waals surface area contributed by atoms with Gasteiger partial charge in [0.2, 0.25) is 0 Å². The third kappa shape index (κ3) is 2.05. The van der Waals surface area contributed by atoms with Gasteiger partial charge in [-0.2, -0.15) is 0 Å². The molecule has 1 aromatic carbocycles. The summed E-state index contributed by atoms with van der Waals surface area (Å²) in [6, 6.07) is 8.06. The lowest BCUT2D eigenvalue weighted by molar-refractivity contribution is 0.440. The molecule has 1 fully saturated rings. The number of benzene rings is 1. The monoisotopic (exact) mass is 279 g/mol. The fourth-order valence-corrected chi connectivity index (χ4v) is 3.72. The van der Waals surface area contributed by atoms with Gasteiger partial charge in [0.05, 0.1) is 0 Å². The molecule has 0 spiro atoms. The van der Waals surface area contributed by atoms with Crippen LogP contribution in [-0.4, -0.2) is 12.1 Å². The summed E-state index contributed by atoms with van der Waals surface area (Å²) >= 11 is 3.66. The molecule has 1 saturated carbocycles. The lowest BCUT2D eigenvalue weighted by atomic mass is 10.1. The van der Waals surface area contributed by atoms with E-state index in [1.54, 1.807) is 0 Å². The van der Waals surface area contributed by atoms with E-state index in [-0.39, 0.29) is 0 Å². The highest BCUT2D eigenvalue weighted by atomic mass is 79.9. The predicted octanol–water partition coefficient (Wildman–Crippen LogP) is 3.45. The zero-order valence-corrected chi connectivity index (χ0v) is 11.1. The molecule has 0 heterocycles. The van der Waals surface area contributed by atoms with Crippen LogP contribution >= 0.6 is 15.9 Å². The fourth-order valence-electron chi connectivity index (χ4n) is 3.15. The molecule has 2 aliphatic carbocycles. The summed E-state index contributed by atoms with van der Waals surface area (Å²) < 4.78 is 1.29. The molecule has 0 saturated heterocycles. The van der Waals surface area contributed by atoms with Crippen molar-refractivity contribution in [3.8, 4) is 0 Å². The SMILES string of the molecule is Brc1cccc2c1CC(NC1CCCC1)C2. The molecule has 0 amide bonds. The van der Waals surface area contributed by atoms with Crippen LogP contribution in [0.5, 0.6) is 0 Å². The van der Waals surface area contributed by atoms with Gasteiger partial charge in [-0.05, 0) is 42.9 Å². The summed E-state index contributed by atoms with van der Waals surface area (Å²) in [5, 5.41) is 3.83. The second-order valence-electron chi connectivity index (χ2n) is 5.13. The van der Waals surface area contributed by atoms with Crippen molar-refractivity contribution in [1.29, 1.82) is 0 Å². The molecule has 0 aromatic heterocycles. The van der Waals surface area contributed by atoms with Crippen molar-refractivity contribution < 1.29 is 0 Å². The largest absolute Gasteiger partial charge is 0.311 e. The van der Waals surface area contributed by atoms with Crippen LogP contribution in [0, 0.1) is 0 Å². The van der Waals surface area contributed by atoms with Gasteiger partial charge in [0, 0.05) is 16.6 Å². The van der Waals surface area contributed by atoms with Crippen molar-refractivity contribution in [2.75, 3.05) is 0 Å². The first kappa shape index (κ1) is 10.8. The Morgan fingerprint density at radius 3 is 2.62 bits per heavy atom. The predicted molar refractivity (Wildman–Crippen MR) is 70.7 cm³/mol. The van der Waals surface area contributed by atoms with Crippen LogP contribution in [0.4, 0.5) is 0 Å². The zero-order valence-electron chi connectivity index (χ0n) is 9.51. The van der Waals surface area contributed by atoms with Gasteiger partial charge < -0.3 is 5.32 Å². The number of hydrogen-bond acceptors (Lipinski definition) is 1. The highest BCUT2D eigenvalue weighted by Gasteiger charge is 2.26. The van der Waals surface area contributed by atoms with E-state index in [4.69, 9.17) is 0 Å². The summed E-state index contributed by atoms with van der Waals surface area (Å²) in [7, 11) is 0. The summed E-state index contributed by atoms with van der Waals surface area (Å²) in [6.45, 7) is 0. The van der Waals surface area contributed by atoms with E-state index in [0.717, 1.165) is 6.04 Å². The summed E-state index contributed by atoms with van der Waals surface area (Å²) in [4.78, 5) is 0. The third-order valence-electron chi connectivity index (χ3n) is 3.96. The second kappa shape index (κ2) is 4.50. The van der Waals surface area contributed by atoms with Crippen LogP contribution in [0.25, 0.3) is 0 Å². The average Bonchev–Trinajstić information content (AvgIpc) is 2.88. The van der Waals surface area contributed by atoms with Crippen molar-refractivity contribution in [3.05, 3.63) is 33.8 Å². The molecular formula is C14H18BrN. The lowest BCUT2D eigenvalue weighted by Gasteiger charge is -2.17. The molecule has 1 nitrogen and oxygen atoms in total. The Hall–Kier alpha value is -0.340. The van der Waals surface area contributed by atoms with E-state index in [1.165, 1.54) is 54.1 Å². The number of nitrogens with one attached hydrogen (secondary N) is 1. The highest BCUT2D eigenvalue weighted by molar-refractivity contribution is 9.10. The number of fused-ring (bicyclic) bond motifs is 1. The van der Waals surface area contributed by atoms with Gasteiger partial charge in [0.15, 0.2) is 0 Å². The summed E-state index contributed by atoms with van der Waals surface area (Å²) in [5.74, 6) is 0. The van der Waals surface area contributed by atoms with Crippen LogP contribution in [0.2, 0.25) is 0 Å². The molecule has 16 heavy (non-hydrogen) atoms. The van der Waals surface area contributed by atoms with Crippen molar-refractivity contribution >= 4 is 15.9 Å². The second-order valence-corrected chi connectivity index (χ2v) is 5.99. The standard InChI is InChI=1S/C14H18BrN/c15-14-7-3-4-10-8-12(9-13(10)14)16-11-5-1-2-6-11/h3-4,7,11-12,16H,1-2,5-6,8-9H2. The lowest BCUT2D eigenvalue weighted by Crippen LogP contribution is -2.37. The van der Waals surface area contributed by atoms with Gasteiger partial charge in [-0.1, -0.05) is 40.9 Å². The van der Waals surface area contributed by atoms with Crippen LogP contribution in [0.3, 0.4) is 0 Å². The van der Waals surface area contributed by atoms with E-state index in [0.29, 0.717) is 6.04 Å². The molecule has 1 aromatic rings. The zero-order chi connectivity index (χ0) is 11.0. The Morgan fingerprint density at radius 2 is 1.88 bits per heavy atom. The molecule has 1 N–H and O–H groups in total. The molecular weight excluding hydrogens is 262 g/mol. The van der Waals surface area contributed by atoms with E-state index < -0.39 is 0 Å². The first-order valence-electron chi connectivity index (χ1n) is 6.35. The number of rotatable bonds is 2. The van der Waals surface area contributed by atoms with E-state index in [1.807, 2.05) is 0 Å². The van der Waals surface area contributed by atoms with E-state index in [9.17, 15) is 0 Å². The molecule has 1 unspecified atom stereocenters.